The van der Waals surface area contributed by atoms with Gasteiger partial charge in [0.15, 0.2) is 5.41 Å². The molecule has 0 radical (unpaired) electrons. The van der Waals surface area contributed by atoms with Crippen molar-refractivity contribution in [2.45, 2.75) is 17.9 Å². The Hall–Kier alpha value is -4.44. The van der Waals surface area contributed by atoms with Crippen LogP contribution in [-0.2, 0) is 15.0 Å². The summed E-state index contributed by atoms with van der Waals surface area (Å²) in [6.45, 7) is 0. The number of aromatic amines is 1. The smallest absolute Gasteiger partial charge is 0.307 e. The van der Waals surface area contributed by atoms with E-state index in [-0.39, 0.29) is 22.8 Å². The van der Waals surface area contributed by atoms with E-state index >= 15 is 0 Å². The molecule has 0 saturated carbocycles. The third-order valence-electron chi connectivity index (χ3n) is 5.65. The van der Waals surface area contributed by atoms with Crippen LogP contribution in [0, 0.1) is 5.41 Å². The second-order valence-corrected chi connectivity index (χ2v) is 7.72. The molecule has 0 saturated heterocycles. The number of carbonyl (C=O) groups is 2. The average Bonchev–Trinajstić information content (AvgIpc) is 3.19. The fraction of sp³-hybridized carbons (Fsp3) is 0.130. The van der Waals surface area contributed by atoms with Gasteiger partial charge in [-0.15, -0.1) is 0 Å². The van der Waals surface area contributed by atoms with Crippen molar-refractivity contribution >= 4 is 34.3 Å². The highest BCUT2D eigenvalue weighted by Crippen LogP contribution is 2.44. The van der Waals surface area contributed by atoms with Crippen LogP contribution in [0.1, 0.15) is 23.4 Å². The number of carboxylic acids is 1. The van der Waals surface area contributed by atoms with Crippen LogP contribution in [0.15, 0.2) is 65.9 Å². The molecule has 1 heterocycles. The van der Waals surface area contributed by atoms with Crippen molar-refractivity contribution in [3.05, 3.63) is 82.9 Å². The van der Waals surface area contributed by atoms with Gasteiger partial charge in [-0.2, -0.15) is 0 Å². The largest absolute Gasteiger partial charge is 0.510 e. The number of nitrogen functional groups attached to an aromatic ring is 1. The normalized spacial score (nSPS) is 20.5. The molecule has 0 bridgehead atoms. The summed E-state index contributed by atoms with van der Waals surface area (Å²) in [5.41, 5.74) is 10.8. The molecule has 2 aromatic carbocycles. The summed E-state index contributed by atoms with van der Waals surface area (Å²) in [4.78, 5) is 31.7. The Balaban J connectivity index is 2.03. The maximum atomic E-state index is 12.9. The van der Waals surface area contributed by atoms with Gasteiger partial charge in [-0.05, 0) is 29.3 Å². The molecule has 1 aliphatic rings. The molecule has 10 heteroatoms. The number of fused-ring (bicyclic) bond motifs is 1. The molecule has 2 unspecified atom stereocenters. The summed E-state index contributed by atoms with van der Waals surface area (Å²) in [7, 11) is 0. The number of rotatable bonds is 6. The fourth-order valence-electron chi connectivity index (χ4n) is 4.04. The number of aliphatic hydroxyl groups excluding tert-OH is 2. The van der Waals surface area contributed by atoms with Gasteiger partial charge < -0.3 is 31.8 Å². The zero-order chi connectivity index (χ0) is 23.9. The first-order valence-corrected chi connectivity index (χ1v) is 9.90. The van der Waals surface area contributed by atoms with Gasteiger partial charge in [0.25, 0.3) is 0 Å². The van der Waals surface area contributed by atoms with Crippen LogP contribution in [-0.4, -0.2) is 49.1 Å². The summed E-state index contributed by atoms with van der Waals surface area (Å²) in [6.07, 6.45) is -0.918. The van der Waals surface area contributed by atoms with Crippen LogP contribution < -0.4 is 11.5 Å². The molecule has 9 N–H and O–H groups in total. The third kappa shape index (κ3) is 3.52. The molecule has 4 rings (SSSR count). The van der Waals surface area contributed by atoms with Gasteiger partial charge in [0.1, 0.15) is 23.5 Å². The van der Waals surface area contributed by atoms with Gasteiger partial charge in [0.05, 0.1) is 17.5 Å². The highest BCUT2D eigenvalue weighted by molar-refractivity contribution is 6.00. The van der Waals surface area contributed by atoms with E-state index in [0.717, 1.165) is 6.08 Å². The molecule has 168 valence electrons. The number of aromatic nitrogens is 2. The lowest BCUT2D eigenvalue weighted by Crippen LogP contribution is -2.46. The lowest BCUT2D eigenvalue weighted by Gasteiger charge is -2.34. The molecular weight excluding hydrogens is 426 g/mol. The Morgan fingerprint density at radius 3 is 2.45 bits per heavy atom. The van der Waals surface area contributed by atoms with Gasteiger partial charge in [-0.3, -0.25) is 15.0 Å². The summed E-state index contributed by atoms with van der Waals surface area (Å²) in [5, 5.41) is 39.3. The standard InChI is InChI=1S/C23H21N5O5/c24-20(25)12-6-7-14-15(8-12)28-22(27-14)23(21(26)33)10-13(9-16(29)30)18(31)17(19(23)32)11-4-2-1-3-5-11/h1-8,10,18,31-32H,9H2,(H3,24,25)(H2,26,33)(H,27,28)(H,29,30). The van der Waals surface area contributed by atoms with Crippen molar-refractivity contribution < 1.29 is 24.9 Å². The number of H-pyrrole nitrogens is 1. The van der Waals surface area contributed by atoms with E-state index in [2.05, 4.69) is 9.97 Å². The number of hydrogen-bond acceptors (Lipinski definition) is 6. The Morgan fingerprint density at radius 2 is 1.85 bits per heavy atom. The second-order valence-electron chi connectivity index (χ2n) is 7.72. The SMILES string of the molecule is N=C(N)c1ccc2nc(C3(C(N)=O)C=C(CC(=O)O)C(O)C(c4ccccc4)=C3O)[nH]c2c1. The summed E-state index contributed by atoms with van der Waals surface area (Å²) >= 11 is 0. The highest BCUT2D eigenvalue weighted by atomic mass is 16.4. The van der Waals surface area contributed by atoms with Crippen LogP contribution in [0.3, 0.4) is 0 Å². The zero-order valence-corrected chi connectivity index (χ0v) is 17.2. The average molecular weight is 447 g/mol. The fourth-order valence-corrected chi connectivity index (χ4v) is 4.04. The van der Waals surface area contributed by atoms with Crippen molar-refractivity contribution in [3.63, 3.8) is 0 Å². The molecule has 1 aliphatic carbocycles. The molecule has 0 spiro atoms. The topological polar surface area (TPSA) is 199 Å². The first-order valence-electron chi connectivity index (χ1n) is 9.90. The first-order chi connectivity index (χ1) is 15.6. The van der Waals surface area contributed by atoms with Gasteiger partial charge in [-0.1, -0.05) is 36.4 Å². The molecule has 1 amide bonds. The summed E-state index contributed by atoms with van der Waals surface area (Å²) in [6, 6.07) is 13.0. The molecule has 0 fully saturated rings. The monoisotopic (exact) mass is 447 g/mol. The van der Waals surface area contributed by atoms with E-state index in [1.807, 2.05) is 0 Å². The molecule has 10 nitrogen and oxygen atoms in total. The first kappa shape index (κ1) is 21.8. The lowest BCUT2D eigenvalue weighted by atomic mass is 9.72. The van der Waals surface area contributed by atoms with E-state index in [1.54, 1.807) is 48.5 Å². The maximum absolute atomic E-state index is 12.9. The van der Waals surface area contributed by atoms with Gasteiger partial charge >= 0.3 is 5.97 Å². The number of primary amides is 1. The van der Waals surface area contributed by atoms with Crippen molar-refractivity contribution in [1.29, 1.82) is 5.41 Å². The van der Waals surface area contributed by atoms with Crippen molar-refractivity contribution in [2.75, 3.05) is 0 Å². The molecule has 33 heavy (non-hydrogen) atoms. The van der Waals surface area contributed by atoms with E-state index in [1.165, 1.54) is 0 Å². The molecule has 3 aromatic rings. The summed E-state index contributed by atoms with van der Waals surface area (Å²) in [5.74, 6) is -3.05. The van der Waals surface area contributed by atoms with E-state index < -0.39 is 35.6 Å². The number of amidine groups is 1. The molecular formula is C23H21N5O5. The Bertz CT molecular complexity index is 1360. The van der Waals surface area contributed by atoms with E-state index in [9.17, 15) is 24.9 Å². The number of imidazole rings is 1. The Labute approximate surface area is 187 Å². The number of amides is 1. The number of hydrogen-bond donors (Lipinski definition) is 7. The van der Waals surface area contributed by atoms with Crippen LogP contribution >= 0.6 is 0 Å². The van der Waals surface area contributed by atoms with Crippen LogP contribution in [0.5, 0.6) is 0 Å². The number of aliphatic carboxylic acids is 1. The van der Waals surface area contributed by atoms with E-state index in [4.69, 9.17) is 16.9 Å². The molecule has 0 aliphatic heterocycles. The minimum absolute atomic E-state index is 0.0252. The number of benzene rings is 2. The van der Waals surface area contributed by atoms with Crippen molar-refractivity contribution in [3.8, 4) is 0 Å². The van der Waals surface area contributed by atoms with Gasteiger partial charge in [0.2, 0.25) is 5.91 Å². The number of nitrogens with two attached hydrogens (primary N) is 2. The van der Waals surface area contributed by atoms with Crippen molar-refractivity contribution in [2.24, 2.45) is 11.5 Å². The molecule has 2 atom stereocenters. The van der Waals surface area contributed by atoms with E-state index in [0.29, 0.717) is 22.2 Å². The third-order valence-corrected chi connectivity index (χ3v) is 5.65. The van der Waals surface area contributed by atoms with Crippen molar-refractivity contribution in [1.82, 2.24) is 9.97 Å². The highest BCUT2D eigenvalue weighted by Gasteiger charge is 2.50. The van der Waals surface area contributed by atoms with Crippen LogP contribution in [0.2, 0.25) is 0 Å². The minimum atomic E-state index is -2.06. The second kappa shape index (κ2) is 7.92. The van der Waals surface area contributed by atoms with Gasteiger partial charge in [0, 0.05) is 11.1 Å². The number of carboxylic acid groups (broad SMARTS) is 1. The minimum Gasteiger partial charge on any atom is -0.510 e. The Kier molecular flexibility index (Phi) is 5.22. The summed E-state index contributed by atoms with van der Waals surface area (Å²) < 4.78 is 0. The number of carbonyl (C=O) groups excluding carboxylic acids is 1. The Morgan fingerprint density at radius 1 is 1.15 bits per heavy atom. The van der Waals surface area contributed by atoms with Crippen LogP contribution in [0.25, 0.3) is 16.6 Å². The quantitative estimate of drug-likeness (QED) is 0.168. The number of nitrogens with one attached hydrogen (secondary N) is 2. The maximum Gasteiger partial charge on any atom is 0.307 e. The predicted molar refractivity (Wildman–Crippen MR) is 120 cm³/mol. The predicted octanol–water partition coefficient (Wildman–Crippen LogP) is 1.31. The van der Waals surface area contributed by atoms with Gasteiger partial charge in [-0.25, -0.2) is 4.98 Å². The zero-order valence-electron chi connectivity index (χ0n) is 17.2. The number of nitrogens with zero attached hydrogens (tertiary/aromatic N) is 1. The molecule has 1 aromatic heterocycles. The lowest BCUT2D eigenvalue weighted by molar-refractivity contribution is -0.136. The van der Waals surface area contributed by atoms with Crippen LogP contribution in [0.4, 0.5) is 0 Å². The number of aliphatic hydroxyl groups is 2.